The van der Waals surface area contributed by atoms with Crippen molar-refractivity contribution in [3.8, 4) is 0 Å². The molecule has 1 aromatic rings. The van der Waals surface area contributed by atoms with Crippen LogP contribution in [0.15, 0.2) is 18.2 Å². The van der Waals surface area contributed by atoms with Crippen molar-refractivity contribution in [1.82, 2.24) is 0 Å². The number of rotatable bonds is 5. The Bertz CT molecular complexity index is 407. The number of carboxylic acids is 1. The number of aromatic carboxylic acids is 1. The molecule has 17 heavy (non-hydrogen) atoms. The molecule has 1 aromatic carbocycles. The van der Waals surface area contributed by atoms with Gasteiger partial charge in [-0.1, -0.05) is 12.1 Å². The lowest BCUT2D eigenvalue weighted by Crippen LogP contribution is -2.22. The molecule has 0 aliphatic heterocycles. The predicted octanol–water partition coefficient (Wildman–Crippen LogP) is -0.256. The fourth-order valence-electron chi connectivity index (χ4n) is 1.58. The van der Waals surface area contributed by atoms with E-state index in [0.29, 0.717) is 0 Å². The molecule has 0 amide bonds. The van der Waals surface area contributed by atoms with Crippen LogP contribution in [0.5, 0.6) is 0 Å². The summed E-state index contributed by atoms with van der Waals surface area (Å²) in [6.45, 7) is -0.303. The molecule has 0 spiro atoms. The minimum Gasteiger partial charge on any atom is -0.478 e. The zero-order valence-corrected chi connectivity index (χ0v) is 9.08. The van der Waals surface area contributed by atoms with Gasteiger partial charge in [-0.15, -0.1) is 0 Å². The maximum atomic E-state index is 11.0. The lowest BCUT2D eigenvalue weighted by Gasteiger charge is -2.19. The van der Waals surface area contributed by atoms with Gasteiger partial charge in [0.1, 0.15) is 6.10 Å². The molecular formula is C11H15NO5. The molecule has 1 rings (SSSR count). The summed E-state index contributed by atoms with van der Waals surface area (Å²) in [5.74, 6) is -1.27. The fraction of sp³-hybridized carbons (Fsp3) is 0.364. The first-order valence-corrected chi connectivity index (χ1v) is 5.07. The summed E-state index contributed by atoms with van der Waals surface area (Å²) < 4.78 is 0. The van der Waals surface area contributed by atoms with Gasteiger partial charge in [0.25, 0.3) is 0 Å². The Morgan fingerprint density at radius 3 is 2.53 bits per heavy atom. The van der Waals surface area contributed by atoms with E-state index in [-0.39, 0.29) is 29.8 Å². The van der Waals surface area contributed by atoms with Gasteiger partial charge in [-0.3, -0.25) is 0 Å². The van der Waals surface area contributed by atoms with E-state index in [1.807, 2.05) is 0 Å². The molecule has 0 fully saturated rings. The van der Waals surface area contributed by atoms with E-state index in [2.05, 4.69) is 0 Å². The Kier molecular flexibility index (Phi) is 4.45. The Morgan fingerprint density at radius 2 is 2.00 bits per heavy atom. The summed E-state index contributed by atoms with van der Waals surface area (Å²) in [6.07, 6.45) is -2.67. The van der Waals surface area contributed by atoms with Gasteiger partial charge in [-0.2, -0.15) is 0 Å². The lowest BCUT2D eigenvalue weighted by atomic mass is 9.96. The third kappa shape index (κ3) is 2.94. The summed E-state index contributed by atoms with van der Waals surface area (Å²) in [5.41, 5.74) is 5.35. The minimum atomic E-state index is -1.39. The number of carboxylic acid groups (broad SMARTS) is 1. The molecule has 0 bridgehead atoms. The first kappa shape index (κ1) is 13.4. The van der Waals surface area contributed by atoms with Crippen molar-refractivity contribution in [2.75, 3.05) is 12.3 Å². The summed E-state index contributed by atoms with van der Waals surface area (Å²) in [7, 11) is 0. The zero-order valence-electron chi connectivity index (χ0n) is 9.08. The van der Waals surface area contributed by atoms with Crippen molar-refractivity contribution in [2.45, 2.75) is 18.6 Å². The number of hydrogen-bond donors (Lipinski definition) is 5. The number of aliphatic hydroxyl groups excluding tert-OH is 3. The molecule has 0 heterocycles. The maximum Gasteiger partial charge on any atom is 0.338 e. The second-order valence-corrected chi connectivity index (χ2v) is 3.64. The maximum absolute atomic E-state index is 11.0. The van der Waals surface area contributed by atoms with Gasteiger partial charge < -0.3 is 26.2 Å². The first-order chi connectivity index (χ1) is 7.99. The monoisotopic (exact) mass is 241 g/mol. The first-order valence-electron chi connectivity index (χ1n) is 5.07. The number of hydrogen-bond acceptors (Lipinski definition) is 5. The van der Waals surface area contributed by atoms with Crippen LogP contribution in [-0.2, 0) is 0 Å². The largest absolute Gasteiger partial charge is 0.478 e. The SMILES string of the molecule is Nc1cccc(C(O)C(O)CCO)c1C(=O)O. The quantitative estimate of drug-likeness (QED) is 0.452. The molecule has 0 saturated heterocycles. The van der Waals surface area contributed by atoms with Crippen LogP contribution in [0, 0.1) is 0 Å². The van der Waals surface area contributed by atoms with Crippen LogP contribution < -0.4 is 5.73 Å². The van der Waals surface area contributed by atoms with Crippen LogP contribution in [0.2, 0.25) is 0 Å². The number of carbonyl (C=O) groups is 1. The third-order valence-electron chi connectivity index (χ3n) is 2.45. The molecule has 0 aliphatic carbocycles. The number of nitrogen functional groups attached to an aromatic ring is 1. The second kappa shape index (κ2) is 5.62. The molecule has 94 valence electrons. The van der Waals surface area contributed by atoms with Crippen LogP contribution in [0.1, 0.15) is 28.4 Å². The topological polar surface area (TPSA) is 124 Å². The summed E-state index contributed by atoms with van der Waals surface area (Å²) in [6, 6.07) is 4.27. The third-order valence-corrected chi connectivity index (χ3v) is 2.45. The summed E-state index contributed by atoms with van der Waals surface area (Å²) >= 11 is 0. The molecular weight excluding hydrogens is 226 g/mol. The van der Waals surface area contributed by atoms with Crippen LogP contribution in [-0.4, -0.2) is 39.1 Å². The Labute approximate surface area is 97.9 Å². The van der Waals surface area contributed by atoms with Gasteiger partial charge in [-0.05, 0) is 18.1 Å². The Hall–Kier alpha value is -1.63. The zero-order chi connectivity index (χ0) is 13.0. The van der Waals surface area contributed by atoms with Crippen molar-refractivity contribution in [3.63, 3.8) is 0 Å². The predicted molar refractivity (Wildman–Crippen MR) is 60.5 cm³/mol. The molecule has 0 aliphatic rings. The molecule has 0 aromatic heterocycles. The highest BCUT2D eigenvalue weighted by atomic mass is 16.4. The van der Waals surface area contributed by atoms with Crippen molar-refractivity contribution in [3.05, 3.63) is 29.3 Å². The summed E-state index contributed by atoms with van der Waals surface area (Å²) in [5, 5.41) is 37.0. The van der Waals surface area contributed by atoms with Crippen LogP contribution in [0.4, 0.5) is 5.69 Å². The van der Waals surface area contributed by atoms with Gasteiger partial charge in [0, 0.05) is 12.3 Å². The highest BCUT2D eigenvalue weighted by Crippen LogP contribution is 2.26. The fourth-order valence-corrected chi connectivity index (χ4v) is 1.58. The average Bonchev–Trinajstić information content (AvgIpc) is 2.27. The van der Waals surface area contributed by atoms with E-state index >= 15 is 0 Å². The lowest BCUT2D eigenvalue weighted by molar-refractivity contribution is 0.00355. The molecule has 2 unspecified atom stereocenters. The van der Waals surface area contributed by atoms with E-state index in [1.165, 1.54) is 18.2 Å². The number of aliphatic hydroxyl groups is 3. The normalized spacial score (nSPS) is 14.3. The van der Waals surface area contributed by atoms with E-state index in [4.69, 9.17) is 15.9 Å². The number of benzene rings is 1. The highest BCUT2D eigenvalue weighted by molar-refractivity contribution is 5.95. The van der Waals surface area contributed by atoms with Crippen molar-refractivity contribution in [1.29, 1.82) is 0 Å². The van der Waals surface area contributed by atoms with E-state index < -0.39 is 18.2 Å². The minimum absolute atomic E-state index is 0.0187. The van der Waals surface area contributed by atoms with Crippen molar-refractivity contribution in [2.24, 2.45) is 0 Å². The molecule has 2 atom stereocenters. The Morgan fingerprint density at radius 1 is 1.35 bits per heavy atom. The van der Waals surface area contributed by atoms with E-state index in [0.717, 1.165) is 0 Å². The smallest absolute Gasteiger partial charge is 0.338 e. The van der Waals surface area contributed by atoms with Gasteiger partial charge in [0.05, 0.1) is 11.7 Å². The summed E-state index contributed by atoms with van der Waals surface area (Å²) in [4.78, 5) is 11.0. The van der Waals surface area contributed by atoms with E-state index in [9.17, 15) is 15.0 Å². The Balaban J connectivity index is 3.13. The number of anilines is 1. The number of nitrogens with two attached hydrogens (primary N) is 1. The van der Waals surface area contributed by atoms with Crippen molar-refractivity contribution >= 4 is 11.7 Å². The molecule has 0 saturated carbocycles. The van der Waals surface area contributed by atoms with Gasteiger partial charge in [-0.25, -0.2) is 4.79 Å². The van der Waals surface area contributed by atoms with Crippen LogP contribution >= 0.6 is 0 Å². The van der Waals surface area contributed by atoms with Gasteiger partial charge >= 0.3 is 5.97 Å². The van der Waals surface area contributed by atoms with E-state index in [1.54, 1.807) is 0 Å². The van der Waals surface area contributed by atoms with Crippen LogP contribution in [0.3, 0.4) is 0 Å². The van der Waals surface area contributed by atoms with Gasteiger partial charge in [0.15, 0.2) is 0 Å². The van der Waals surface area contributed by atoms with Gasteiger partial charge in [0.2, 0.25) is 0 Å². The van der Waals surface area contributed by atoms with Crippen LogP contribution in [0.25, 0.3) is 0 Å². The molecule has 6 nitrogen and oxygen atoms in total. The van der Waals surface area contributed by atoms with Crippen molar-refractivity contribution < 1.29 is 25.2 Å². The molecule has 6 heteroatoms. The highest BCUT2D eigenvalue weighted by Gasteiger charge is 2.24. The molecule has 6 N–H and O–H groups in total. The molecule has 0 radical (unpaired) electrons. The standard InChI is InChI=1S/C11H15NO5/c12-7-3-1-2-6(9(7)11(16)17)10(15)8(14)4-5-13/h1-3,8,10,13-15H,4-5,12H2,(H,16,17). The average molecular weight is 241 g/mol. The second-order valence-electron chi connectivity index (χ2n) is 3.64.